The molecule has 0 saturated heterocycles. The zero-order chi connectivity index (χ0) is 8.71. The SMILES string of the molecule is O.O.O=C=O.O=O.OO.OO. The highest BCUT2D eigenvalue weighted by Crippen LogP contribution is 0.787. The summed E-state index contributed by atoms with van der Waals surface area (Å²) in [6.45, 7) is 0. The molecule has 0 saturated carbocycles. The zero-order valence-electron chi connectivity index (χ0n) is 4.92. The summed E-state index contributed by atoms with van der Waals surface area (Å²) in [5.74, 6) is 0. The maximum atomic E-state index is 8.12. The van der Waals surface area contributed by atoms with Crippen LogP contribution in [0.1, 0.15) is 0 Å². The van der Waals surface area contributed by atoms with Gasteiger partial charge in [0.15, 0.2) is 0 Å². The molecule has 0 aromatic carbocycles. The lowest BCUT2D eigenvalue weighted by molar-refractivity contribution is -0.191. The summed E-state index contributed by atoms with van der Waals surface area (Å²) in [5.41, 5.74) is 0. The highest BCUT2D eigenvalue weighted by atomic mass is 17.0. The molecule has 0 spiro atoms. The lowest BCUT2D eigenvalue weighted by atomic mass is 11.8. The van der Waals surface area contributed by atoms with Crippen LogP contribution in [0.4, 0.5) is 0 Å². The standard InChI is InChI=1S/CO2.2H2O2.O2.2H2O/c2-1-3;3*1-2;;/h;2*1-2H;;2*1H2. The van der Waals surface area contributed by atoms with Crippen LogP contribution >= 0.6 is 0 Å². The summed E-state index contributed by atoms with van der Waals surface area (Å²) < 4.78 is 0. The second kappa shape index (κ2) is 7750. The van der Waals surface area contributed by atoms with Gasteiger partial charge in [0.1, 0.15) is 0 Å². The average Bonchev–Trinajstić information content (AvgIpc) is 2.01. The molecule has 10 nitrogen and oxygen atoms in total. The van der Waals surface area contributed by atoms with Crippen molar-refractivity contribution in [3.8, 4) is 0 Å². The quantitative estimate of drug-likeness (QED) is 0.238. The third kappa shape index (κ3) is 250. The predicted molar refractivity (Wildman–Crippen MR) is 29.5 cm³/mol. The Morgan fingerprint density at radius 3 is 0.727 bits per heavy atom. The third-order valence-corrected chi connectivity index (χ3v) is 0. The number of hydrogen-bond donors (Lipinski definition) is 4. The van der Waals surface area contributed by atoms with Crippen LogP contribution in [0, 0.1) is 9.93 Å². The fraction of sp³-hybridized carbons (Fsp3) is 0. The predicted octanol–water partition coefficient (Wildman–Crippen LogP) is -2.13. The molecule has 0 amide bonds. The van der Waals surface area contributed by atoms with Crippen LogP contribution in [0.2, 0.25) is 0 Å². The van der Waals surface area contributed by atoms with Gasteiger partial charge in [-0.15, -0.1) is 0 Å². The Kier molecular flexibility index (Phi) is 37500. The third-order valence-electron chi connectivity index (χ3n) is 0. The van der Waals surface area contributed by atoms with E-state index in [-0.39, 0.29) is 17.1 Å². The highest BCUT2D eigenvalue weighted by molar-refractivity contribution is 5.20. The lowest BCUT2D eigenvalue weighted by Crippen LogP contribution is -1.29. The van der Waals surface area contributed by atoms with Crippen molar-refractivity contribution in [3.63, 3.8) is 0 Å². The molecule has 0 heterocycles. The Morgan fingerprint density at radius 1 is 0.727 bits per heavy atom. The van der Waals surface area contributed by atoms with E-state index in [1.165, 1.54) is 0 Å². The van der Waals surface area contributed by atoms with E-state index in [2.05, 4.69) is 0 Å². The van der Waals surface area contributed by atoms with Gasteiger partial charge in [0, 0.05) is 9.93 Å². The van der Waals surface area contributed by atoms with E-state index in [0.29, 0.717) is 0 Å². The van der Waals surface area contributed by atoms with Crippen molar-refractivity contribution < 1.29 is 41.6 Å². The Bertz CT molecular complexity index is 34.1. The minimum absolute atomic E-state index is 0. The highest BCUT2D eigenvalue weighted by Gasteiger charge is 1.13. The summed E-state index contributed by atoms with van der Waals surface area (Å²) in [7, 11) is 0. The second-order valence-corrected chi connectivity index (χ2v) is 0.0833. The number of rotatable bonds is 0. The smallest absolute Gasteiger partial charge is 0.373 e. The molecule has 8 N–H and O–H groups in total. The Balaban J connectivity index is -0.00000000729. The maximum Gasteiger partial charge on any atom is 0.373 e. The fourth-order valence-corrected chi connectivity index (χ4v) is 0. The van der Waals surface area contributed by atoms with Crippen LogP contribution in [0.25, 0.3) is 0 Å². The molecule has 0 fully saturated rings. The number of hydrogen-bond acceptors (Lipinski definition) is 8. The molecule has 0 aliphatic carbocycles. The van der Waals surface area contributed by atoms with Gasteiger partial charge in [-0.3, -0.25) is 21.0 Å². The van der Waals surface area contributed by atoms with Crippen LogP contribution in [-0.2, 0) is 9.59 Å². The van der Waals surface area contributed by atoms with Crippen LogP contribution in [0.3, 0.4) is 0 Å². The van der Waals surface area contributed by atoms with Crippen LogP contribution < -0.4 is 0 Å². The van der Waals surface area contributed by atoms with Gasteiger partial charge in [0.25, 0.3) is 0 Å². The van der Waals surface area contributed by atoms with Gasteiger partial charge in [-0.2, -0.15) is 9.59 Å². The lowest BCUT2D eigenvalue weighted by Gasteiger charge is -1.25. The summed E-state index contributed by atoms with van der Waals surface area (Å²) in [6.07, 6.45) is 0.250. The molecule has 11 heavy (non-hydrogen) atoms. The van der Waals surface area contributed by atoms with Crippen molar-refractivity contribution in [1.29, 1.82) is 0 Å². The Labute approximate surface area is 59.0 Å². The molecule has 0 radical (unpaired) electrons. The van der Waals surface area contributed by atoms with Gasteiger partial charge in [-0.05, 0) is 0 Å². The van der Waals surface area contributed by atoms with E-state index in [9.17, 15) is 0 Å². The first-order valence-corrected chi connectivity index (χ1v) is 0.975. The zero-order valence-corrected chi connectivity index (χ0v) is 4.92. The first-order chi connectivity index (χ1) is 4.41. The van der Waals surface area contributed by atoms with Crippen LogP contribution in [0.5, 0.6) is 0 Å². The van der Waals surface area contributed by atoms with Gasteiger partial charge < -0.3 is 11.0 Å². The molecule has 0 aliphatic heterocycles. The van der Waals surface area contributed by atoms with Crippen LogP contribution in [-0.4, -0.2) is 38.1 Å². The van der Waals surface area contributed by atoms with Gasteiger partial charge in [0.05, 0.1) is 0 Å². The first-order valence-electron chi connectivity index (χ1n) is 0.975. The topological polar surface area (TPSA) is 212 Å². The van der Waals surface area contributed by atoms with Gasteiger partial charge in [0.2, 0.25) is 0 Å². The molecule has 0 bridgehead atoms. The Hall–Kier alpha value is -1.26. The minimum atomic E-state index is 0. The maximum absolute atomic E-state index is 8.12. The molecular formula is CH8O10. The fourth-order valence-electron chi connectivity index (χ4n) is 0. The van der Waals surface area contributed by atoms with E-state index in [0.717, 1.165) is 0 Å². The van der Waals surface area contributed by atoms with Crippen molar-refractivity contribution in [2.45, 2.75) is 0 Å². The Morgan fingerprint density at radius 2 is 0.727 bits per heavy atom. The second-order valence-electron chi connectivity index (χ2n) is 0.0833. The van der Waals surface area contributed by atoms with Crippen molar-refractivity contribution >= 4 is 6.15 Å². The van der Waals surface area contributed by atoms with Gasteiger partial charge in [-0.25, -0.2) is 0 Å². The van der Waals surface area contributed by atoms with E-state index < -0.39 is 0 Å². The van der Waals surface area contributed by atoms with Crippen molar-refractivity contribution in [3.05, 3.63) is 9.93 Å². The minimum Gasteiger partial charge on any atom is -0.412 e. The largest absolute Gasteiger partial charge is 0.412 e. The molecule has 0 rings (SSSR count). The van der Waals surface area contributed by atoms with E-state index in [4.69, 9.17) is 40.5 Å². The number of carbonyl (C=O) groups excluding carboxylic acids is 2. The van der Waals surface area contributed by atoms with Crippen molar-refractivity contribution in [2.24, 2.45) is 0 Å². The van der Waals surface area contributed by atoms with Gasteiger partial charge in [-0.1, -0.05) is 0 Å². The van der Waals surface area contributed by atoms with E-state index in [1.54, 1.807) is 0 Å². The van der Waals surface area contributed by atoms with Gasteiger partial charge >= 0.3 is 6.15 Å². The monoisotopic (exact) mass is 180 g/mol. The van der Waals surface area contributed by atoms with E-state index >= 15 is 0 Å². The summed E-state index contributed by atoms with van der Waals surface area (Å²) >= 11 is 0. The molecule has 0 unspecified atom stereocenters. The molecule has 10 heteroatoms. The van der Waals surface area contributed by atoms with Crippen molar-refractivity contribution in [2.75, 3.05) is 0 Å². The van der Waals surface area contributed by atoms with E-state index in [1.807, 2.05) is 0 Å². The first kappa shape index (κ1) is 53.2. The molecule has 0 aromatic heterocycles. The summed E-state index contributed by atoms with van der Waals surface area (Å²) in [4.78, 5) is 30.2. The molecular weight excluding hydrogens is 172 g/mol. The molecule has 0 aliphatic rings. The normalized spacial score (nSPS) is 2.18. The summed E-state index contributed by atoms with van der Waals surface area (Å²) in [6, 6.07) is 0. The molecule has 72 valence electrons. The summed E-state index contributed by atoms with van der Waals surface area (Å²) in [5, 5.41) is 24.0. The molecule has 0 atom stereocenters. The average molecular weight is 180 g/mol. The van der Waals surface area contributed by atoms with Crippen LogP contribution in [0.15, 0.2) is 0 Å². The molecule has 0 aromatic rings. The van der Waals surface area contributed by atoms with Crippen molar-refractivity contribution in [1.82, 2.24) is 0 Å².